The van der Waals surface area contributed by atoms with E-state index in [2.05, 4.69) is 0 Å². The fourth-order valence-electron chi connectivity index (χ4n) is 5.51. The lowest BCUT2D eigenvalue weighted by Crippen LogP contribution is -2.45. The highest BCUT2D eigenvalue weighted by Gasteiger charge is 2.39. The fraction of sp³-hybridized carbons (Fsp3) is 0.571. The number of halogens is 3. The standard InChI is InChI=1S/C35H49F3O6Si/c1-5-9-14-17-27-18-21-30(32(24-27)35(36,37)38)31-25-28-19-20-29(26-33(28)44-34(31)39)40-22-15-12-10-11-13-16-23-45(41-6-2,42-7-3)43-8-4/h18-21,24-26H,5-17,22-23H2,1-4H3. The summed E-state index contributed by atoms with van der Waals surface area (Å²) in [4.78, 5) is 12.9. The molecule has 0 aliphatic heterocycles. The van der Waals surface area contributed by atoms with Crippen LogP contribution in [0.1, 0.15) is 96.6 Å². The maximum absolute atomic E-state index is 14.0. The molecule has 250 valence electrons. The molecule has 0 N–H and O–H groups in total. The third-order valence-corrected chi connectivity index (χ3v) is 10.8. The van der Waals surface area contributed by atoms with Crippen molar-refractivity contribution in [2.75, 3.05) is 26.4 Å². The number of alkyl halides is 3. The number of hydrogen-bond donors (Lipinski definition) is 0. The molecule has 6 nitrogen and oxygen atoms in total. The van der Waals surface area contributed by atoms with E-state index in [1.54, 1.807) is 24.3 Å². The van der Waals surface area contributed by atoms with Crippen LogP contribution in [0.25, 0.3) is 22.1 Å². The normalized spacial score (nSPS) is 12.2. The summed E-state index contributed by atoms with van der Waals surface area (Å²) in [6, 6.07) is 11.6. The first-order chi connectivity index (χ1) is 21.7. The van der Waals surface area contributed by atoms with Gasteiger partial charge in [0.05, 0.1) is 17.7 Å². The molecule has 0 aliphatic rings. The first-order valence-corrected chi connectivity index (χ1v) is 18.4. The number of fused-ring (bicyclic) bond motifs is 1. The largest absolute Gasteiger partial charge is 0.500 e. The van der Waals surface area contributed by atoms with Gasteiger partial charge in [-0.05, 0) is 76.3 Å². The summed E-state index contributed by atoms with van der Waals surface area (Å²) in [6.45, 7) is 10.2. The number of rotatable bonds is 21. The Balaban J connectivity index is 1.53. The molecule has 2 aromatic carbocycles. The van der Waals surface area contributed by atoms with Crippen molar-refractivity contribution in [2.45, 2.75) is 104 Å². The Labute approximate surface area is 266 Å². The maximum Gasteiger partial charge on any atom is 0.500 e. The summed E-state index contributed by atoms with van der Waals surface area (Å²) in [7, 11) is -2.57. The minimum absolute atomic E-state index is 0.106. The Bertz CT molecular complexity index is 1360. The molecule has 45 heavy (non-hydrogen) atoms. The van der Waals surface area contributed by atoms with E-state index in [0.717, 1.165) is 69.9 Å². The van der Waals surface area contributed by atoms with Crippen molar-refractivity contribution in [1.29, 1.82) is 0 Å². The third-order valence-electron chi connectivity index (χ3n) is 7.69. The second-order valence-electron chi connectivity index (χ2n) is 11.2. The molecular formula is C35H49F3O6Si. The molecule has 10 heteroatoms. The van der Waals surface area contributed by atoms with E-state index in [-0.39, 0.29) is 16.7 Å². The summed E-state index contributed by atoms with van der Waals surface area (Å²) < 4.78 is 71.2. The summed E-state index contributed by atoms with van der Waals surface area (Å²) in [5.74, 6) is 0.551. The Morgan fingerprint density at radius 1 is 0.733 bits per heavy atom. The highest BCUT2D eigenvalue weighted by Crippen LogP contribution is 2.38. The van der Waals surface area contributed by atoms with Gasteiger partial charge in [-0.25, -0.2) is 4.79 Å². The molecule has 0 spiro atoms. The van der Waals surface area contributed by atoms with E-state index in [9.17, 15) is 18.0 Å². The lowest BCUT2D eigenvalue weighted by molar-refractivity contribution is -0.137. The zero-order valence-corrected chi connectivity index (χ0v) is 28.2. The van der Waals surface area contributed by atoms with Gasteiger partial charge in [-0.3, -0.25) is 0 Å². The van der Waals surface area contributed by atoms with Crippen LogP contribution in [-0.2, 0) is 25.9 Å². The minimum atomic E-state index is -4.60. The van der Waals surface area contributed by atoms with Crippen molar-refractivity contribution in [3.05, 3.63) is 64.0 Å². The maximum atomic E-state index is 14.0. The van der Waals surface area contributed by atoms with Crippen LogP contribution in [0.15, 0.2) is 51.7 Å². The number of unbranched alkanes of at least 4 members (excludes halogenated alkanes) is 7. The van der Waals surface area contributed by atoms with Gasteiger partial charge in [0.1, 0.15) is 11.3 Å². The van der Waals surface area contributed by atoms with Crippen molar-refractivity contribution in [3.63, 3.8) is 0 Å². The predicted molar refractivity (Wildman–Crippen MR) is 175 cm³/mol. The van der Waals surface area contributed by atoms with Crippen LogP contribution in [0.3, 0.4) is 0 Å². The molecule has 3 rings (SSSR count). The molecule has 3 aromatic rings. The third kappa shape index (κ3) is 11.3. The summed E-state index contributed by atoms with van der Waals surface area (Å²) >= 11 is 0. The van der Waals surface area contributed by atoms with Crippen molar-refractivity contribution < 1.29 is 35.6 Å². The van der Waals surface area contributed by atoms with Crippen LogP contribution in [0.2, 0.25) is 6.04 Å². The highest BCUT2D eigenvalue weighted by molar-refractivity contribution is 6.60. The quantitative estimate of drug-likeness (QED) is 0.0650. The van der Waals surface area contributed by atoms with Gasteiger partial charge in [-0.15, -0.1) is 0 Å². The molecule has 0 saturated heterocycles. The average molecular weight is 651 g/mol. The van der Waals surface area contributed by atoms with E-state index in [1.807, 2.05) is 27.7 Å². The minimum Gasteiger partial charge on any atom is -0.493 e. The van der Waals surface area contributed by atoms with Crippen LogP contribution >= 0.6 is 0 Å². The topological polar surface area (TPSA) is 67.1 Å². The SMILES string of the molecule is CCCCCc1ccc(-c2cc3ccc(OCCCCCCCC[Si](OCC)(OCC)OCC)cc3oc2=O)c(C(F)(F)F)c1. The van der Waals surface area contributed by atoms with E-state index >= 15 is 0 Å². The van der Waals surface area contributed by atoms with Gasteiger partial charge in [0.25, 0.3) is 0 Å². The van der Waals surface area contributed by atoms with Gasteiger partial charge >= 0.3 is 20.6 Å². The van der Waals surface area contributed by atoms with Gasteiger partial charge < -0.3 is 22.4 Å². The molecule has 0 saturated carbocycles. The number of benzene rings is 2. The smallest absolute Gasteiger partial charge is 0.493 e. The van der Waals surface area contributed by atoms with Gasteiger partial charge in [-0.2, -0.15) is 13.2 Å². The summed E-state index contributed by atoms with van der Waals surface area (Å²) in [5, 5.41) is 0.530. The van der Waals surface area contributed by atoms with E-state index in [4.69, 9.17) is 22.4 Å². The summed E-state index contributed by atoms with van der Waals surface area (Å²) in [6.07, 6.45) is 4.91. The average Bonchev–Trinajstić information content (AvgIpc) is 3.00. The van der Waals surface area contributed by atoms with Crippen molar-refractivity contribution >= 4 is 19.8 Å². The Morgan fingerprint density at radius 2 is 1.40 bits per heavy atom. The van der Waals surface area contributed by atoms with Crippen LogP contribution in [0.5, 0.6) is 5.75 Å². The molecule has 0 amide bonds. The van der Waals surface area contributed by atoms with Gasteiger partial charge in [0.2, 0.25) is 0 Å². The molecule has 0 fully saturated rings. The van der Waals surface area contributed by atoms with Crippen molar-refractivity contribution in [1.82, 2.24) is 0 Å². The first-order valence-electron chi connectivity index (χ1n) is 16.5. The zero-order valence-electron chi connectivity index (χ0n) is 27.2. The van der Waals surface area contributed by atoms with E-state index in [1.165, 1.54) is 12.1 Å². The highest BCUT2D eigenvalue weighted by atomic mass is 28.4. The zero-order chi connectivity index (χ0) is 32.7. The van der Waals surface area contributed by atoms with Crippen LogP contribution < -0.4 is 10.4 Å². The van der Waals surface area contributed by atoms with Gasteiger partial charge in [-0.1, -0.05) is 57.6 Å². The van der Waals surface area contributed by atoms with E-state index < -0.39 is 26.2 Å². The Kier molecular flexibility index (Phi) is 15.1. The number of hydrogen-bond acceptors (Lipinski definition) is 6. The summed E-state index contributed by atoms with van der Waals surface area (Å²) in [5.41, 5.74) is -1.03. The lowest BCUT2D eigenvalue weighted by atomic mass is 9.95. The van der Waals surface area contributed by atoms with Crippen molar-refractivity contribution in [2.24, 2.45) is 0 Å². The van der Waals surface area contributed by atoms with Gasteiger partial charge in [0, 0.05) is 42.9 Å². The monoisotopic (exact) mass is 650 g/mol. The molecule has 0 radical (unpaired) electrons. The molecule has 1 heterocycles. The molecule has 0 bridgehead atoms. The predicted octanol–water partition coefficient (Wildman–Crippen LogP) is 9.98. The molecule has 0 atom stereocenters. The van der Waals surface area contributed by atoms with Gasteiger partial charge in [0.15, 0.2) is 0 Å². The van der Waals surface area contributed by atoms with E-state index in [0.29, 0.717) is 49.5 Å². The number of ether oxygens (including phenoxy) is 1. The molecule has 0 unspecified atom stereocenters. The second-order valence-corrected chi connectivity index (χ2v) is 13.9. The fourth-order valence-corrected chi connectivity index (χ4v) is 8.19. The van der Waals surface area contributed by atoms with Crippen molar-refractivity contribution in [3.8, 4) is 16.9 Å². The Hall–Kier alpha value is -2.66. The molecule has 1 aromatic heterocycles. The van der Waals surface area contributed by atoms with Crippen LogP contribution in [0, 0.1) is 0 Å². The first kappa shape index (κ1) is 36.8. The number of aryl methyl sites for hydroxylation is 1. The van der Waals surface area contributed by atoms with Crippen LogP contribution in [0.4, 0.5) is 13.2 Å². The molecule has 0 aliphatic carbocycles. The lowest BCUT2D eigenvalue weighted by Gasteiger charge is -2.28. The second kappa shape index (κ2) is 18.5. The Morgan fingerprint density at radius 3 is 2.04 bits per heavy atom. The molecular weight excluding hydrogens is 601 g/mol. The van der Waals surface area contributed by atoms with Crippen LogP contribution in [-0.4, -0.2) is 35.2 Å².